The Morgan fingerprint density at radius 2 is 2.43 bits per heavy atom. The molecule has 1 aliphatic heterocycles. The van der Waals surface area contributed by atoms with E-state index in [1.54, 1.807) is 18.6 Å². The van der Waals surface area contributed by atoms with Gasteiger partial charge in [-0.3, -0.25) is 14.9 Å². The zero-order valence-corrected chi connectivity index (χ0v) is 8.13. The van der Waals surface area contributed by atoms with Crippen molar-refractivity contribution in [1.82, 2.24) is 14.9 Å². The lowest BCUT2D eigenvalue weighted by atomic mass is 10.2. The summed E-state index contributed by atoms with van der Waals surface area (Å²) in [6, 6.07) is 0.317. The topological polar surface area (TPSA) is 49.2 Å². The summed E-state index contributed by atoms with van der Waals surface area (Å²) in [4.78, 5) is 10.5. The Morgan fingerprint density at radius 3 is 3.14 bits per heavy atom. The van der Waals surface area contributed by atoms with Crippen LogP contribution in [-0.2, 0) is 6.54 Å². The maximum atomic E-state index is 9.14. The van der Waals surface area contributed by atoms with Crippen molar-refractivity contribution in [1.29, 1.82) is 0 Å². The minimum Gasteiger partial charge on any atom is -0.395 e. The second kappa shape index (κ2) is 4.48. The number of likely N-dealkylation sites (tertiary alicyclic amines) is 1. The second-order valence-corrected chi connectivity index (χ2v) is 3.65. The number of aromatic nitrogens is 2. The van der Waals surface area contributed by atoms with Crippen molar-refractivity contribution in [3.63, 3.8) is 0 Å². The lowest BCUT2D eigenvalue weighted by Crippen LogP contribution is -2.31. The van der Waals surface area contributed by atoms with Crippen molar-refractivity contribution >= 4 is 0 Å². The molecule has 1 aromatic rings. The highest BCUT2D eigenvalue weighted by atomic mass is 16.3. The molecule has 0 spiro atoms. The van der Waals surface area contributed by atoms with Gasteiger partial charge >= 0.3 is 0 Å². The molecule has 1 aromatic heterocycles. The SMILES string of the molecule is OC[C@H]1CCCN1Cc1cnccn1. The molecule has 0 radical (unpaired) electrons. The summed E-state index contributed by atoms with van der Waals surface area (Å²) < 4.78 is 0. The average molecular weight is 193 g/mol. The highest BCUT2D eigenvalue weighted by Crippen LogP contribution is 2.18. The van der Waals surface area contributed by atoms with E-state index in [0.29, 0.717) is 6.04 Å². The molecule has 1 fully saturated rings. The standard InChI is InChI=1S/C10H15N3O/c14-8-10-2-1-5-13(10)7-9-6-11-3-4-12-9/h3-4,6,10,14H,1-2,5,7-8H2/t10-/m1/s1. The van der Waals surface area contributed by atoms with E-state index in [0.717, 1.165) is 25.2 Å². The van der Waals surface area contributed by atoms with Gasteiger partial charge in [0.25, 0.3) is 0 Å². The van der Waals surface area contributed by atoms with Crippen molar-refractivity contribution in [3.8, 4) is 0 Å². The van der Waals surface area contributed by atoms with E-state index >= 15 is 0 Å². The second-order valence-electron chi connectivity index (χ2n) is 3.65. The van der Waals surface area contributed by atoms with Crippen LogP contribution in [0.5, 0.6) is 0 Å². The molecule has 0 unspecified atom stereocenters. The van der Waals surface area contributed by atoms with Crippen LogP contribution in [0.15, 0.2) is 18.6 Å². The largest absolute Gasteiger partial charge is 0.395 e. The third-order valence-electron chi connectivity index (χ3n) is 2.69. The van der Waals surface area contributed by atoms with Crippen LogP contribution in [0, 0.1) is 0 Å². The van der Waals surface area contributed by atoms with E-state index in [2.05, 4.69) is 14.9 Å². The Bertz CT molecular complexity index is 278. The van der Waals surface area contributed by atoms with Gasteiger partial charge < -0.3 is 5.11 Å². The fourth-order valence-corrected chi connectivity index (χ4v) is 1.93. The Labute approximate surface area is 83.6 Å². The van der Waals surface area contributed by atoms with E-state index in [1.165, 1.54) is 6.42 Å². The van der Waals surface area contributed by atoms with E-state index < -0.39 is 0 Å². The van der Waals surface area contributed by atoms with Gasteiger partial charge in [-0.25, -0.2) is 0 Å². The molecule has 0 aromatic carbocycles. The van der Waals surface area contributed by atoms with Gasteiger partial charge in [0, 0.05) is 31.2 Å². The van der Waals surface area contributed by atoms with Gasteiger partial charge in [0.2, 0.25) is 0 Å². The zero-order valence-electron chi connectivity index (χ0n) is 8.13. The summed E-state index contributed by atoms with van der Waals surface area (Å²) in [5, 5.41) is 9.14. The van der Waals surface area contributed by atoms with Crippen LogP contribution in [0.3, 0.4) is 0 Å². The van der Waals surface area contributed by atoms with Gasteiger partial charge in [-0.15, -0.1) is 0 Å². The third-order valence-corrected chi connectivity index (χ3v) is 2.69. The fraction of sp³-hybridized carbons (Fsp3) is 0.600. The first-order valence-electron chi connectivity index (χ1n) is 5.00. The van der Waals surface area contributed by atoms with Crippen LogP contribution >= 0.6 is 0 Å². The molecule has 1 atom stereocenters. The molecule has 2 heterocycles. The molecule has 4 nitrogen and oxygen atoms in total. The summed E-state index contributed by atoms with van der Waals surface area (Å²) in [7, 11) is 0. The molecule has 0 amide bonds. The molecule has 0 bridgehead atoms. The quantitative estimate of drug-likeness (QED) is 0.756. The maximum Gasteiger partial charge on any atom is 0.0726 e. The predicted molar refractivity (Wildman–Crippen MR) is 52.5 cm³/mol. The molecule has 0 aliphatic carbocycles. The van der Waals surface area contributed by atoms with Crippen LogP contribution in [0.2, 0.25) is 0 Å². The Kier molecular flexibility index (Phi) is 3.06. The van der Waals surface area contributed by atoms with Gasteiger partial charge in [0.05, 0.1) is 12.3 Å². The third kappa shape index (κ3) is 2.08. The summed E-state index contributed by atoms with van der Waals surface area (Å²) in [5.41, 5.74) is 0.979. The van der Waals surface area contributed by atoms with Crippen molar-refractivity contribution in [2.75, 3.05) is 13.2 Å². The Balaban J connectivity index is 1.97. The predicted octanol–water partition coefficient (Wildman–Crippen LogP) is 0.433. The number of nitrogens with zero attached hydrogens (tertiary/aromatic N) is 3. The van der Waals surface area contributed by atoms with Crippen molar-refractivity contribution in [2.45, 2.75) is 25.4 Å². The Morgan fingerprint density at radius 1 is 1.50 bits per heavy atom. The van der Waals surface area contributed by atoms with E-state index in [1.807, 2.05) is 0 Å². The summed E-state index contributed by atoms with van der Waals surface area (Å²) >= 11 is 0. The molecule has 0 saturated carbocycles. The first-order chi connectivity index (χ1) is 6.90. The molecular formula is C10H15N3O. The smallest absolute Gasteiger partial charge is 0.0726 e. The van der Waals surface area contributed by atoms with Crippen molar-refractivity contribution < 1.29 is 5.11 Å². The van der Waals surface area contributed by atoms with Gasteiger partial charge in [-0.1, -0.05) is 0 Å². The van der Waals surface area contributed by atoms with Crippen molar-refractivity contribution in [2.24, 2.45) is 0 Å². The fourth-order valence-electron chi connectivity index (χ4n) is 1.93. The summed E-state index contributed by atoms with van der Waals surface area (Å²) in [5.74, 6) is 0. The molecule has 14 heavy (non-hydrogen) atoms. The minimum atomic E-state index is 0.250. The average Bonchev–Trinajstić information content (AvgIpc) is 2.67. The molecule has 4 heteroatoms. The Hall–Kier alpha value is -1.00. The van der Waals surface area contributed by atoms with E-state index in [-0.39, 0.29) is 6.61 Å². The molecular weight excluding hydrogens is 178 g/mol. The number of aliphatic hydroxyl groups is 1. The number of hydrogen-bond donors (Lipinski definition) is 1. The lowest BCUT2D eigenvalue weighted by molar-refractivity contribution is 0.152. The van der Waals surface area contributed by atoms with Crippen LogP contribution in [0.4, 0.5) is 0 Å². The van der Waals surface area contributed by atoms with Crippen LogP contribution in [-0.4, -0.2) is 39.2 Å². The minimum absolute atomic E-state index is 0.250. The van der Waals surface area contributed by atoms with Crippen LogP contribution in [0.1, 0.15) is 18.5 Å². The number of rotatable bonds is 3. The maximum absolute atomic E-state index is 9.14. The van der Waals surface area contributed by atoms with Gasteiger partial charge in [0.15, 0.2) is 0 Å². The van der Waals surface area contributed by atoms with Gasteiger partial charge in [-0.2, -0.15) is 0 Å². The molecule has 76 valence electrons. The van der Waals surface area contributed by atoms with Gasteiger partial charge in [-0.05, 0) is 19.4 Å². The first-order valence-corrected chi connectivity index (χ1v) is 5.00. The van der Waals surface area contributed by atoms with Gasteiger partial charge in [0.1, 0.15) is 0 Å². The first kappa shape index (κ1) is 9.55. The van der Waals surface area contributed by atoms with Crippen LogP contribution < -0.4 is 0 Å². The summed E-state index contributed by atoms with van der Waals surface area (Å²) in [6.07, 6.45) is 7.44. The molecule has 2 rings (SSSR count). The monoisotopic (exact) mass is 193 g/mol. The molecule has 1 saturated heterocycles. The number of hydrogen-bond acceptors (Lipinski definition) is 4. The lowest BCUT2D eigenvalue weighted by Gasteiger charge is -2.21. The normalized spacial score (nSPS) is 22.8. The molecule has 1 N–H and O–H groups in total. The highest BCUT2D eigenvalue weighted by molar-refractivity contribution is 4.96. The van der Waals surface area contributed by atoms with E-state index in [9.17, 15) is 0 Å². The zero-order chi connectivity index (χ0) is 9.80. The van der Waals surface area contributed by atoms with E-state index in [4.69, 9.17) is 5.11 Å². The van der Waals surface area contributed by atoms with Crippen LogP contribution in [0.25, 0.3) is 0 Å². The summed E-state index contributed by atoms with van der Waals surface area (Å²) in [6.45, 7) is 2.11. The number of aliphatic hydroxyl groups excluding tert-OH is 1. The molecule has 1 aliphatic rings. The van der Waals surface area contributed by atoms with Crippen molar-refractivity contribution in [3.05, 3.63) is 24.3 Å². The highest BCUT2D eigenvalue weighted by Gasteiger charge is 2.23.